The van der Waals surface area contributed by atoms with Gasteiger partial charge in [0.25, 0.3) is 0 Å². The molecule has 2 aromatic carbocycles. The van der Waals surface area contributed by atoms with Gasteiger partial charge >= 0.3 is 0 Å². The fourth-order valence-electron chi connectivity index (χ4n) is 3.36. The standard InChI is InChI=1S/C24H27N5OS2/c1-28-13-15-29(16-14-28)20-9-7-19(8-10-20)17-27-22(30)18-31-23-24(26-12-11-25-23)32-21-5-3-2-4-6-21/h2-12H,13-18H2,1H3,(H,27,30). The van der Waals surface area contributed by atoms with Crippen LogP contribution >= 0.6 is 23.5 Å². The van der Waals surface area contributed by atoms with Crippen LogP contribution in [0.3, 0.4) is 0 Å². The van der Waals surface area contributed by atoms with E-state index in [-0.39, 0.29) is 5.91 Å². The van der Waals surface area contributed by atoms with Gasteiger partial charge in [-0.1, -0.05) is 53.9 Å². The summed E-state index contributed by atoms with van der Waals surface area (Å²) in [5.41, 5.74) is 2.34. The van der Waals surface area contributed by atoms with E-state index in [4.69, 9.17) is 0 Å². The van der Waals surface area contributed by atoms with Crippen molar-refractivity contribution in [3.63, 3.8) is 0 Å². The van der Waals surface area contributed by atoms with Gasteiger partial charge in [-0.05, 0) is 36.9 Å². The average Bonchev–Trinajstić information content (AvgIpc) is 2.84. The van der Waals surface area contributed by atoms with Crippen LogP contribution in [0.15, 0.2) is 81.9 Å². The van der Waals surface area contributed by atoms with E-state index in [1.165, 1.54) is 17.4 Å². The number of thioether (sulfide) groups is 1. The number of nitrogens with one attached hydrogen (secondary N) is 1. The van der Waals surface area contributed by atoms with E-state index in [0.29, 0.717) is 12.3 Å². The molecule has 0 bridgehead atoms. The molecule has 0 spiro atoms. The molecule has 0 aliphatic carbocycles. The first-order chi connectivity index (χ1) is 15.7. The zero-order valence-corrected chi connectivity index (χ0v) is 19.7. The highest BCUT2D eigenvalue weighted by Crippen LogP contribution is 2.32. The molecule has 1 amide bonds. The van der Waals surface area contributed by atoms with Gasteiger partial charge in [-0.3, -0.25) is 4.79 Å². The number of benzene rings is 2. The lowest BCUT2D eigenvalue weighted by Crippen LogP contribution is -2.44. The molecular formula is C24H27N5OS2. The van der Waals surface area contributed by atoms with Gasteiger partial charge in [0.2, 0.25) is 5.91 Å². The van der Waals surface area contributed by atoms with Gasteiger partial charge in [0.05, 0.1) is 5.75 Å². The Kier molecular flexibility index (Phi) is 8.03. The summed E-state index contributed by atoms with van der Waals surface area (Å²) in [7, 11) is 2.16. The highest BCUT2D eigenvalue weighted by Gasteiger charge is 2.14. The minimum atomic E-state index is -0.0144. The molecule has 1 fully saturated rings. The van der Waals surface area contributed by atoms with Crippen LogP contribution in [0.1, 0.15) is 5.56 Å². The van der Waals surface area contributed by atoms with Gasteiger partial charge in [-0.15, -0.1) is 0 Å². The number of amides is 1. The number of piperazine rings is 1. The van der Waals surface area contributed by atoms with E-state index in [1.807, 2.05) is 30.3 Å². The van der Waals surface area contributed by atoms with Gasteiger partial charge in [0.15, 0.2) is 0 Å². The van der Waals surface area contributed by atoms with E-state index < -0.39 is 0 Å². The second-order valence-corrected chi connectivity index (χ2v) is 9.63. The largest absolute Gasteiger partial charge is 0.369 e. The Balaban J connectivity index is 1.25. The van der Waals surface area contributed by atoms with Gasteiger partial charge in [-0.2, -0.15) is 0 Å². The summed E-state index contributed by atoms with van der Waals surface area (Å²) < 4.78 is 0. The Hall–Kier alpha value is -2.55. The first-order valence-corrected chi connectivity index (χ1v) is 12.4. The number of rotatable bonds is 8. The minimum Gasteiger partial charge on any atom is -0.369 e. The lowest BCUT2D eigenvalue weighted by Gasteiger charge is -2.34. The lowest BCUT2D eigenvalue weighted by atomic mass is 10.2. The molecule has 0 atom stereocenters. The zero-order valence-electron chi connectivity index (χ0n) is 18.1. The fourth-order valence-corrected chi connectivity index (χ4v) is 5.11. The highest BCUT2D eigenvalue weighted by atomic mass is 32.2. The van der Waals surface area contributed by atoms with Gasteiger partial charge in [0, 0.05) is 55.7 Å². The molecule has 166 valence electrons. The summed E-state index contributed by atoms with van der Waals surface area (Å²) in [5.74, 6) is 0.292. The van der Waals surface area contributed by atoms with Gasteiger partial charge < -0.3 is 15.1 Å². The van der Waals surface area contributed by atoms with Gasteiger partial charge in [-0.25, -0.2) is 9.97 Å². The molecule has 1 aromatic heterocycles. The molecule has 1 aliphatic rings. The Labute approximate surface area is 197 Å². The molecule has 0 unspecified atom stereocenters. The second kappa shape index (κ2) is 11.4. The van der Waals surface area contributed by atoms with Crippen molar-refractivity contribution >= 4 is 35.1 Å². The molecule has 1 saturated heterocycles. The van der Waals surface area contributed by atoms with Crippen LogP contribution in [-0.2, 0) is 11.3 Å². The Morgan fingerprint density at radius 3 is 2.34 bits per heavy atom. The zero-order chi connectivity index (χ0) is 22.2. The highest BCUT2D eigenvalue weighted by molar-refractivity contribution is 8.02. The van der Waals surface area contributed by atoms with Crippen LogP contribution in [0.4, 0.5) is 5.69 Å². The van der Waals surface area contributed by atoms with Crippen molar-refractivity contribution in [3.8, 4) is 0 Å². The summed E-state index contributed by atoms with van der Waals surface area (Å²) in [4.78, 5) is 27.1. The smallest absolute Gasteiger partial charge is 0.230 e. The molecule has 1 aliphatic heterocycles. The van der Waals surface area contributed by atoms with E-state index in [2.05, 4.69) is 56.4 Å². The molecule has 6 nitrogen and oxygen atoms in total. The molecule has 3 aromatic rings. The maximum Gasteiger partial charge on any atom is 0.230 e. The van der Waals surface area contributed by atoms with Crippen molar-refractivity contribution in [3.05, 3.63) is 72.6 Å². The number of carbonyl (C=O) groups excluding carboxylic acids is 1. The van der Waals surface area contributed by atoms with Crippen LogP contribution < -0.4 is 10.2 Å². The number of hydrogen-bond acceptors (Lipinski definition) is 7. The first kappa shape index (κ1) is 22.6. The monoisotopic (exact) mass is 465 g/mol. The summed E-state index contributed by atoms with van der Waals surface area (Å²) >= 11 is 2.97. The number of nitrogens with zero attached hydrogens (tertiary/aromatic N) is 4. The number of aromatic nitrogens is 2. The van der Waals surface area contributed by atoms with Crippen molar-refractivity contribution < 1.29 is 4.79 Å². The number of hydrogen-bond donors (Lipinski definition) is 1. The first-order valence-electron chi connectivity index (χ1n) is 10.6. The van der Waals surface area contributed by atoms with Crippen molar-refractivity contribution in [2.45, 2.75) is 21.5 Å². The quantitative estimate of drug-likeness (QED) is 0.508. The van der Waals surface area contributed by atoms with Gasteiger partial charge in [0.1, 0.15) is 10.1 Å². The van der Waals surface area contributed by atoms with E-state index in [1.54, 1.807) is 24.2 Å². The van der Waals surface area contributed by atoms with Crippen LogP contribution in [0.2, 0.25) is 0 Å². The Morgan fingerprint density at radius 2 is 1.62 bits per heavy atom. The third kappa shape index (κ3) is 6.48. The average molecular weight is 466 g/mol. The van der Waals surface area contributed by atoms with Crippen molar-refractivity contribution in [1.82, 2.24) is 20.2 Å². The van der Waals surface area contributed by atoms with Crippen molar-refractivity contribution in [2.75, 3.05) is 43.9 Å². The van der Waals surface area contributed by atoms with Crippen LogP contribution in [-0.4, -0.2) is 59.8 Å². The SMILES string of the molecule is CN1CCN(c2ccc(CNC(=O)CSc3nccnc3Sc3ccccc3)cc2)CC1. The lowest BCUT2D eigenvalue weighted by molar-refractivity contribution is -0.118. The molecule has 0 radical (unpaired) electrons. The van der Waals surface area contributed by atoms with E-state index in [9.17, 15) is 4.79 Å². The maximum absolute atomic E-state index is 12.4. The predicted octanol–water partition coefficient (Wildman–Crippen LogP) is 3.79. The number of carbonyl (C=O) groups is 1. The van der Waals surface area contributed by atoms with Crippen LogP contribution in [0.5, 0.6) is 0 Å². The third-order valence-corrected chi connectivity index (χ3v) is 7.33. The molecule has 0 saturated carbocycles. The number of likely N-dealkylation sites (N-methyl/N-ethyl adjacent to an activating group) is 1. The summed E-state index contributed by atoms with van der Waals surface area (Å²) in [6.07, 6.45) is 3.35. The maximum atomic E-state index is 12.4. The topological polar surface area (TPSA) is 61.4 Å². The van der Waals surface area contributed by atoms with Crippen molar-refractivity contribution in [1.29, 1.82) is 0 Å². The molecular weight excluding hydrogens is 438 g/mol. The van der Waals surface area contributed by atoms with E-state index >= 15 is 0 Å². The second-order valence-electron chi connectivity index (χ2n) is 7.60. The molecule has 4 rings (SSSR count). The van der Waals surface area contributed by atoms with Crippen LogP contribution in [0, 0.1) is 0 Å². The molecule has 1 N–H and O–H groups in total. The van der Waals surface area contributed by atoms with Crippen molar-refractivity contribution in [2.24, 2.45) is 0 Å². The minimum absolute atomic E-state index is 0.0144. The summed E-state index contributed by atoms with van der Waals surface area (Å²) in [6, 6.07) is 18.5. The Bertz CT molecular complexity index is 1010. The molecule has 2 heterocycles. The summed E-state index contributed by atoms with van der Waals surface area (Å²) in [6.45, 7) is 4.81. The van der Waals surface area contributed by atoms with E-state index in [0.717, 1.165) is 46.7 Å². The third-order valence-electron chi connectivity index (χ3n) is 5.23. The normalized spacial score (nSPS) is 14.3. The summed E-state index contributed by atoms with van der Waals surface area (Å²) in [5, 5.41) is 4.60. The van der Waals surface area contributed by atoms with Crippen LogP contribution in [0.25, 0.3) is 0 Å². The number of anilines is 1. The fraction of sp³-hybridized carbons (Fsp3) is 0.292. The Morgan fingerprint density at radius 1 is 0.938 bits per heavy atom. The molecule has 32 heavy (non-hydrogen) atoms. The predicted molar refractivity (Wildman–Crippen MR) is 131 cm³/mol. The molecule has 8 heteroatoms.